The number of aliphatic hydroxyl groups is 1. The van der Waals surface area contributed by atoms with Crippen molar-refractivity contribution >= 4 is 0 Å². The van der Waals surface area contributed by atoms with Crippen LogP contribution >= 0.6 is 0 Å². The average molecular weight is 164 g/mol. The number of rotatable bonds is 2. The monoisotopic (exact) mass is 164 g/mol. The van der Waals surface area contributed by atoms with Gasteiger partial charge in [-0.05, 0) is 12.5 Å². The van der Waals surface area contributed by atoms with Crippen LogP contribution in [-0.2, 0) is 4.74 Å². The first-order chi connectivity index (χ1) is 5.76. The lowest BCUT2D eigenvalue weighted by Crippen LogP contribution is -2.11. The van der Waals surface area contributed by atoms with E-state index in [4.69, 9.17) is 9.84 Å². The SMILES string of the molecule is C[C@@]1(CO)O[C@H]1c1ccccc1. The number of epoxide rings is 1. The maximum atomic E-state index is 8.97. The zero-order chi connectivity index (χ0) is 8.60. The average Bonchev–Trinajstić information content (AvgIpc) is 2.81. The van der Waals surface area contributed by atoms with Gasteiger partial charge in [0.05, 0.1) is 6.61 Å². The molecule has 1 heterocycles. The Labute approximate surface area is 71.8 Å². The fraction of sp³-hybridized carbons (Fsp3) is 0.400. The molecule has 1 aliphatic rings. The van der Waals surface area contributed by atoms with Crippen LogP contribution < -0.4 is 0 Å². The van der Waals surface area contributed by atoms with Crippen LogP contribution in [0.2, 0.25) is 0 Å². The van der Waals surface area contributed by atoms with Gasteiger partial charge in [0.25, 0.3) is 0 Å². The third-order valence-electron chi connectivity index (χ3n) is 2.30. The highest BCUT2D eigenvalue weighted by atomic mass is 16.6. The van der Waals surface area contributed by atoms with Gasteiger partial charge in [0.1, 0.15) is 11.7 Å². The van der Waals surface area contributed by atoms with E-state index in [9.17, 15) is 0 Å². The molecule has 2 atom stereocenters. The maximum absolute atomic E-state index is 8.97. The molecule has 0 radical (unpaired) electrons. The minimum Gasteiger partial charge on any atom is -0.393 e. The Morgan fingerprint density at radius 3 is 2.58 bits per heavy atom. The van der Waals surface area contributed by atoms with Crippen molar-refractivity contribution in [3.05, 3.63) is 35.9 Å². The zero-order valence-electron chi connectivity index (χ0n) is 7.03. The summed E-state index contributed by atoms with van der Waals surface area (Å²) in [6, 6.07) is 9.98. The highest BCUT2D eigenvalue weighted by Gasteiger charge is 2.52. The van der Waals surface area contributed by atoms with E-state index in [1.165, 1.54) is 0 Å². The highest BCUT2D eigenvalue weighted by molar-refractivity contribution is 5.25. The molecule has 1 aromatic rings. The van der Waals surface area contributed by atoms with E-state index >= 15 is 0 Å². The van der Waals surface area contributed by atoms with Crippen molar-refractivity contribution < 1.29 is 9.84 Å². The molecule has 0 unspecified atom stereocenters. The smallest absolute Gasteiger partial charge is 0.120 e. The Balaban J connectivity index is 2.16. The summed E-state index contributed by atoms with van der Waals surface area (Å²) < 4.78 is 5.39. The second-order valence-electron chi connectivity index (χ2n) is 3.38. The van der Waals surface area contributed by atoms with Crippen LogP contribution in [0.25, 0.3) is 0 Å². The van der Waals surface area contributed by atoms with Crippen molar-refractivity contribution in [2.24, 2.45) is 0 Å². The van der Waals surface area contributed by atoms with Crippen LogP contribution in [0.3, 0.4) is 0 Å². The Hall–Kier alpha value is -0.860. The number of aliphatic hydroxyl groups excluding tert-OH is 1. The van der Waals surface area contributed by atoms with Gasteiger partial charge in [-0.15, -0.1) is 0 Å². The standard InChI is InChI=1S/C10H12O2/c1-10(7-11)9(12-10)8-5-3-2-4-6-8/h2-6,9,11H,7H2,1H3/t9-,10-/m0/s1. The minimum atomic E-state index is -0.332. The maximum Gasteiger partial charge on any atom is 0.120 e. The molecule has 0 bridgehead atoms. The second-order valence-corrected chi connectivity index (χ2v) is 3.38. The van der Waals surface area contributed by atoms with E-state index in [2.05, 4.69) is 0 Å². The van der Waals surface area contributed by atoms with Gasteiger partial charge in [0, 0.05) is 0 Å². The first kappa shape index (κ1) is 7.77. The Kier molecular flexibility index (Phi) is 1.67. The van der Waals surface area contributed by atoms with E-state index < -0.39 is 0 Å². The third-order valence-corrected chi connectivity index (χ3v) is 2.30. The van der Waals surface area contributed by atoms with Crippen LogP contribution in [0, 0.1) is 0 Å². The van der Waals surface area contributed by atoms with Gasteiger partial charge in [-0.1, -0.05) is 30.3 Å². The second kappa shape index (κ2) is 2.57. The van der Waals surface area contributed by atoms with Crippen molar-refractivity contribution in [2.75, 3.05) is 6.61 Å². The van der Waals surface area contributed by atoms with E-state index in [1.807, 2.05) is 37.3 Å². The van der Waals surface area contributed by atoms with E-state index in [0.29, 0.717) is 0 Å². The molecule has 1 fully saturated rings. The quantitative estimate of drug-likeness (QED) is 0.672. The Bertz CT molecular complexity index is 270. The predicted molar refractivity (Wildman–Crippen MR) is 45.8 cm³/mol. The summed E-state index contributed by atoms with van der Waals surface area (Å²) in [5.41, 5.74) is 0.815. The lowest BCUT2D eigenvalue weighted by Gasteiger charge is -1.99. The fourth-order valence-corrected chi connectivity index (χ4v) is 1.40. The van der Waals surface area contributed by atoms with Gasteiger partial charge in [-0.2, -0.15) is 0 Å². The van der Waals surface area contributed by atoms with E-state index in [-0.39, 0.29) is 18.3 Å². The Morgan fingerprint density at radius 2 is 2.08 bits per heavy atom. The molecule has 12 heavy (non-hydrogen) atoms. The molecule has 0 amide bonds. The zero-order valence-corrected chi connectivity index (χ0v) is 7.03. The first-order valence-corrected chi connectivity index (χ1v) is 4.10. The van der Waals surface area contributed by atoms with Crippen molar-refractivity contribution in [2.45, 2.75) is 18.6 Å². The summed E-state index contributed by atoms with van der Waals surface area (Å²) in [4.78, 5) is 0. The predicted octanol–water partition coefficient (Wildman–Crippen LogP) is 1.51. The van der Waals surface area contributed by atoms with Crippen LogP contribution in [0.1, 0.15) is 18.6 Å². The van der Waals surface area contributed by atoms with Crippen molar-refractivity contribution in [1.29, 1.82) is 0 Å². The molecule has 0 saturated carbocycles. The minimum absolute atomic E-state index is 0.0868. The fourth-order valence-electron chi connectivity index (χ4n) is 1.40. The van der Waals surface area contributed by atoms with Crippen LogP contribution in [0.5, 0.6) is 0 Å². The summed E-state index contributed by atoms with van der Waals surface area (Å²) in [6.45, 7) is 2.01. The summed E-state index contributed by atoms with van der Waals surface area (Å²) in [7, 11) is 0. The number of benzene rings is 1. The molecular formula is C10H12O2. The number of ether oxygens (including phenoxy) is 1. The molecule has 2 nitrogen and oxygen atoms in total. The van der Waals surface area contributed by atoms with Crippen LogP contribution in [0.4, 0.5) is 0 Å². The molecule has 1 aromatic carbocycles. The van der Waals surface area contributed by atoms with Crippen molar-refractivity contribution in [3.8, 4) is 0 Å². The molecule has 1 N–H and O–H groups in total. The molecule has 0 spiro atoms. The van der Waals surface area contributed by atoms with Gasteiger partial charge in [0.15, 0.2) is 0 Å². The van der Waals surface area contributed by atoms with Crippen LogP contribution in [0.15, 0.2) is 30.3 Å². The molecular weight excluding hydrogens is 152 g/mol. The third kappa shape index (κ3) is 1.13. The number of hydrogen-bond acceptors (Lipinski definition) is 2. The van der Waals surface area contributed by atoms with Gasteiger partial charge >= 0.3 is 0 Å². The largest absolute Gasteiger partial charge is 0.393 e. The highest BCUT2D eigenvalue weighted by Crippen LogP contribution is 2.48. The molecule has 1 aliphatic heterocycles. The summed E-state index contributed by atoms with van der Waals surface area (Å²) in [5.74, 6) is 0. The first-order valence-electron chi connectivity index (χ1n) is 4.10. The summed E-state index contributed by atoms with van der Waals surface area (Å²) in [6.07, 6.45) is 0.0868. The number of hydrogen-bond donors (Lipinski definition) is 1. The molecule has 0 aromatic heterocycles. The van der Waals surface area contributed by atoms with Gasteiger partial charge in [-0.3, -0.25) is 0 Å². The van der Waals surface area contributed by atoms with Crippen LogP contribution in [-0.4, -0.2) is 17.3 Å². The molecule has 64 valence electrons. The van der Waals surface area contributed by atoms with Gasteiger partial charge < -0.3 is 9.84 Å². The van der Waals surface area contributed by atoms with Crippen molar-refractivity contribution in [1.82, 2.24) is 0 Å². The van der Waals surface area contributed by atoms with E-state index in [1.54, 1.807) is 0 Å². The van der Waals surface area contributed by atoms with Gasteiger partial charge in [-0.25, -0.2) is 0 Å². The summed E-state index contributed by atoms with van der Waals surface area (Å²) in [5, 5.41) is 8.97. The summed E-state index contributed by atoms with van der Waals surface area (Å²) >= 11 is 0. The van der Waals surface area contributed by atoms with E-state index in [0.717, 1.165) is 5.56 Å². The normalized spacial score (nSPS) is 33.3. The molecule has 0 aliphatic carbocycles. The molecule has 2 heteroatoms. The lowest BCUT2D eigenvalue weighted by atomic mass is 10.0. The van der Waals surface area contributed by atoms with Crippen molar-refractivity contribution in [3.63, 3.8) is 0 Å². The molecule has 2 rings (SSSR count). The Morgan fingerprint density at radius 1 is 1.42 bits per heavy atom. The molecule has 1 saturated heterocycles. The van der Waals surface area contributed by atoms with Gasteiger partial charge in [0.2, 0.25) is 0 Å². The topological polar surface area (TPSA) is 32.8 Å². The lowest BCUT2D eigenvalue weighted by molar-refractivity contribution is 0.184.